The maximum atomic E-state index is 12.0. The molecule has 19 heavy (non-hydrogen) atoms. The first-order valence-corrected chi connectivity index (χ1v) is 7.34. The Hall–Kier alpha value is -1.34. The molecule has 0 saturated carbocycles. The molecule has 0 radical (unpaired) electrons. The average molecular weight is 283 g/mol. The van der Waals surface area contributed by atoms with E-state index in [1.807, 2.05) is 13.8 Å². The average Bonchev–Trinajstić information content (AvgIpc) is 2.92. The lowest BCUT2D eigenvalue weighted by molar-refractivity contribution is 0.0953. The number of rotatable bonds is 4. The Morgan fingerprint density at radius 1 is 1.63 bits per heavy atom. The maximum absolute atomic E-state index is 12.0. The van der Waals surface area contributed by atoms with Crippen molar-refractivity contribution in [3.05, 3.63) is 4.88 Å². The molecule has 6 nitrogen and oxygen atoms in total. The van der Waals surface area contributed by atoms with Gasteiger partial charge in [-0.25, -0.2) is 4.98 Å². The van der Waals surface area contributed by atoms with Gasteiger partial charge in [0.15, 0.2) is 5.13 Å². The second kappa shape index (κ2) is 5.75. The second-order valence-corrected chi connectivity index (χ2v) is 6.29. The highest BCUT2D eigenvalue weighted by atomic mass is 32.1. The second-order valence-electron chi connectivity index (χ2n) is 5.31. The summed E-state index contributed by atoms with van der Waals surface area (Å²) in [5, 5.41) is 3.65. The van der Waals surface area contributed by atoms with E-state index in [-0.39, 0.29) is 11.9 Å². The first kappa shape index (κ1) is 14.1. The van der Waals surface area contributed by atoms with E-state index in [4.69, 9.17) is 11.5 Å². The number of carbonyl (C=O) groups excluding carboxylic acids is 1. The van der Waals surface area contributed by atoms with Crippen LogP contribution in [-0.2, 0) is 0 Å². The molecule has 7 heteroatoms. The van der Waals surface area contributed by atoms with Crippen LogP contribution in [0.25, 0.3) is 0 Å². The molecule has 1 amide bonds. The van der Waals surface area contributed by atoms with Crippen molar-refractivity contribution in [2.24, 2.45) is 11.7 Å². The summed E-state index contributed by atoms with van der Waals surface area (Å²) in [6.07, 6.45) is 0.953. The van der Waals surface area contributed by atoms with E-state index in [2.05, 4.69) is 15.2 Å². The molecule has 106 valence electrons. The maximum Gasteiger partial charge on any atom is 0.265 e. The lowest BCUT2D eigenvalue weighted by Crippen LogP contribution is -2.27. The minimum absolute atomic E-state index is 0.140. The van der Waals surface area contributed by atoms with Crippen LogP contribution in [0.15, 0.2) is 0 Å². The quantitative estimate of drug-likeness (QED) is 0.753. The lowest BCUT2D eigenvalue weighted by atomic mass is 10.2. The summed E-state index contributed by atoms with van der Waals surface area (Å²) in [7, 11) is 0. The summed E-state index contributed by atoms with van der Waals surface area (Å²) in [5.41, 5.74) is 11.7. The molecular weight excluding hydrogens is 262 g/mol. The van der Waals surface area contributed by atoms with Gasteiger partial charge >= 0.3 is 0 Å². The molecule has 1 unspecified atom stereocenters. The van der Waals surface area contributed by atoms with Gasteiger partial charge in [-0.05, 0) is 12.3 Å². The highest BCUT2D eigenvalue weighted by molar-refractivity contribution is 7.18. The molecule has 0 aromatic carbocycles. The van der Waals surface area contributed by atoms with E-state index in [1.165, 1.54) is 11.3 Å². The van der Waals surface area contributed by atoms with Gasteiger partial charge in [0.05, 0.1) is 0 Å². The molecular formula is C12H21N5OS. The number of anilines is 2. The molecule has 2 rings (SSSR count). The van der Waals surface area contributed by atoms with E-state index in [0.29, 0.717) is 23.2 Å². The molecule has 1 aliphatic rings. The Morgan fingerprint density at radius 2 is 2.37 bits per heavy atom. The fraction of sp³-hybridized carbons (Fsp3) is 0.667. The van der Waals surface area contributed by atoms with Gasteiger partial charge in [-0.3, -0.25) is 4.79 Å². The Balaban J connectivity index is 2.06. The zero-order chi connectivity index (χ0) is 14.0. The van der Waals surface area contributed by atoms with Gasteiger partial charge in [-0.1, -0.05) is 25.2 Å². The van der Waals surface area contributed by atoms with Crippen LogP contribution in [0.4, 0.5) is 10.9 Å². The first-order valence-electron chi connectivity index (χ1n) is 6.52. The van der Waals surface area contributed by atoms with Gasteiger partial charge in [-0.2, -0.15) is 0 Å². The zero-order valence-corrected chi connectivity index (χ0v) is 12.2. The predicted octanol–water partition coefficient (Wildman–Crippen LogP) is 0.649. The van der Waals surface area contributed by atoms with Gasteiger partial charge in [0, 0.05) is 25.7 Å². The summed E-state index contributed by atoms with van der Waals surface area (Å²) < 4.78 is 0. The number of carbonyl (C=O) groups is 1. The molecule has 0 aliphatic carbocycles. The summed E-state index contributed by atoms with van der Waals surface area (Å²) in [6.45, 7) is 6.39. The minimum Gasteiger partial charge on any atom is -0.382 e. The Labute approximate surface area is 117 Å². The number of nitrogen functional groups attached to an aromatic ring is 1. The summed E-state index contributed by atoms with van der Waals surface area (Å²) in [6, 6.07) is 0.184. The number of nitrogens with zero attached hydrogens (tertiary/aromatic N) is 2. The number of nitrogens with one attached hydrogen (secondary N) is 1. The van der Waals surface area contributed by atoms with Gasteiger partial charge in [-0.15, -0.1) is 0 Å². The summed E-state index contributed by atoms with van der Waals surface area (Å²) in [5.74, 6) is 0.578. The molecule has 1 aromatic heterocycles. The van der Waals surface area contributed by atoms with Crippen molar-refractivity contribution < 1.29 is 4.79 Å². The number of hydrogen-bond donors (Lipinski definition) is 3. The lowest BCUT2D eigenvalue weighted by Gasteiger charge is -2.12. The van der Waals surface area contributed by atoms with Gasteiger partial charge in [0.2, 0.25) is 0 Å². The van der Waals surface area contributed by atoms with Crippen molar-refractivity contribution in [2.45, 2.75) is 26.3 Å². The smallest absolute Gasteiger partial charge is 0.265 e. The Kier molecular flexibility index (Phi) is 4.26. The van der Waals surface area contributed by atoms with E-state index in [0.717, 1.165) is 24.6 Å². The standard InChI is InChI=1S/C12H21N5OS/c1-7(2)5-15-11(18)9-10(14)16-12(19-9)17-4-3-8(13)6-17/h7-8H,3-6,13-14H2,1-2H3,(H,15,18). The number of thiazole rings is 1. The Bertz CT molecular complexity index is 459. The third-order valence-electron chi connectivity index (χ3n) is 3.01. The van der Waals surface area contributed by atoms with E-state index < -0.39 is 0 Å². The van der Waals surface area contributed by atoms with Crippen LogP contribution in [0.2, 0.25) is 0 Å². The van der Waals surface area contributed by atoms with Crippen molar-refractivity contribution in [3.63, 3.8) is 0 Å². The normalized spacial score (nSPS) is 19.2. The topological polar surface area (TPSA) is 97.3 Å². The van der Waals surface area contributed by atoms with E-state index in [1.54, 1.807) is 0 Å². The number of aromatic nitrogens is 1. The summed E-state index contributed by atoms with van der Waals surface area (Å²) >= 11 is 1.34. The molecule has 1 fully saturated rings. The van der Waals surface area contributed by atoms with Crippen LogP contribution in [0, 0.1) is 5.92 Å². The predicted molar refractivity (Wildman–Crippen MR) is 78.5 cm³/mol. The monoisotopic (exact) mass is 283 g/mol. The molecule has 0 bridgehead atoms. The van der Waals surface area contributed by atoms with Crippen molar-refractivity contribution in [3.8, 4) is 0 Å². The molecule has 0 spiro atoms. The highest BCUT2D eigenvalue weighted by Crippen LogP contribution is 2.30. The van der Waals surface area contributed by atoms with Crippen molar-refractivity contribution in [1.82, 2.24) is 10.3 Å². The van der Waals surface area contributed by atoms with E-state index in [9.17, 15) is 4.79 Å². The fourth-order valence-electron chi connectivity index (χ4n) is 1.96. The third-order valence-corrected chi connectivity index (χ3v) is 4.15. The van der Waals surface area contributed by atoms with Gasteiger partial charge in [0.25, 0.3) is 5.91 Å². The number of nitrogens with two attached hydrogens (primary N) is 2. The molecule has 1 atom stereocenters. The highest BCUT2D eigenvalue weighted by Gasteiger charge is 2.24. The zero-order valence-electron chi connectivity index (χ0n) is 11.3. The molecule has 5 N–H and O–H groups in total. The van der Waals surface area contributed by atoms with Crippen LogP contribution < -0.4 is 21.7 Å². The molecule has 1 aliphatic heterocycles. The number of amides is 1. The minimum atomic E-state index is -0.140. The van der Waals surface area contributed by atoms with Crippen molar-refractivity contribution >= 4 is 28.2 Å². The molecule has 2 heterocycles. The Morgan fingerprint density at radius 3 is 2.95 bits per heavy atom. The van der Waals surface area contributed by atoms with Crippen LogP contribution in [0.1, 0.15) is 29.9 Å². The largest absolute Gasteiger partial charge is 0.382 e. The SMILES string of the molecule is CC(C)CNC(=O)c1sc(N2CCC(N)C2)nc1N. The first-order chi connectivity index (χ1) is 8.97. The van der Waals surface area contributed by atoms with Crippen molar-refractivity contribution in [2.75, 3.05) is 30.3 Å². The van der Waals surface area contributed by atoms with Crippen LogP contribution >= 0.6 is 11.3 Å². The van der Waals surface area contributed by atoms with Gasteiger partial charge < -0.3 is 21.7 Å². The van der Waals surface area contributed by atoms with Crippen LogP contribution in [-0.4, -0.2) is 36.6 Å². The van der Waals surface area contributed by atoms with Crippen molar-refractivity contribution in [1.29, 1.82) is 0 Å². The molecule has 1 aromatic rings. The van der Waals surface area contributed by atoms with Crippen LogP contribution in [0.3, 0.4) is 0 Å². The van der Waals surface area contributed by atoms with Crippen LogP contribution in [0.5, 0.6) is 0 Å². The van der Waals surface area contributed by atoms with E-state index >= 15 is 0 Å². The molecule has 1 saturated heterocycles. The number of hydrogen-bond acceptors (Lipinski definition) is 6. The fourth-order valence-corrected chi connectivity index (χ4v) is 2.89. The van der Waals surface area contributed by atoms with Gasteiger partial charge in [0.1, 0.15) is 10.7 Å². The summed E-state index contributed by atoms with van der Waals surface area (Å²) in [4.78, 5) is 18.9. The third kappa shape index (κ3) is 3.36.